The molecule has 3 aromatic rings. The van der Waals surface area contributed by atoms with Crippen LogP contribution >= 0.6 is 0 Å². The third-order valence-electron chi connectivity index (χ3n) is 4.35. The number of hydrogen-bond acceptors (Lipinski definition) is 6. The molecule has 0 atom stereocenters. The quantitative estimate of drug-likeness (QED) is 0.594. The van der Waals surface area contributed by atoms with Crippen LogP contribution in [-0.4, -0.2) is 51.5 Å². The Kier molecular flexibility index (Phi) is 6.09. The molecule has 28 heavy (non-hydrogen) atoms. The average molecular weight is 420 g/mol. The van der Waals surface area contributed by atoms with Crippen molar-refractivity contribution < 1.29 is 16.8 Å². The molecule has 0 aliphatic rings. The van der Waals surface area contributed by atoms with Crippen LogP contribution < -0.4 is 5.73 Å². The molecule has 0 saturated carbocycles. The second kappa shape index (κ2) is 8.36. The minimum atomic E-state index is -3.93. The molecule has 9 heteroatoms. The van der Waals surface area contributed by atoms with Gasteiger partial charge >= 0.3 is 0 Å². The van der Waals surface area contributed by atoms with Crippen LogP contribution in [0.15, 0.2) is 76.8 Å². The first kappa shape index (κ1) is 20.4. The van der Waals surface area contributed by atoms with E-state index in [1.54, 1.807) is 42.6 Å². The van der Waals surface area contributed by atoms with E-state index in [2.05, 4.69) is 4.98 Å². The first-order chi connectivity index (χ1) is 13.4. The summed E-state index contributed by atoms with van der Waals surface area (Å²) in [5, 5.41) is 1.22. The third kappa shape index (κ3) is 4.22. The average Bonchev–Trinajstić information content (AvgIpc) is 2.71. The standard InChI is InChI=1S/C19H21N3O4S2/c20-10-12-22(13-14-27(23,24)17-6-2-1-3-7-17)28(25,26)19-8-4-5-16-15-21-11-9-18(16)19/h1-9,11,15H,10,12-14,20H2. The second-order valence-corrected chi connectivity index (χ2v) is 10.2. The lowest BCUT2D eigenvalue weighted by atomic mass is 10.2. The maximum atomic E-state index is 13.2. The molecule has 0 saturated heterocycles. The van der Waals surface area contributed by atoms with Gasteiger partial charge in [-0.25, -0.2) is 16.8 Å². The number of nitrogens with two attached hydrogens (primary N) is 1. The van der Waals surface area contributed by atoms with Crippen LogP contribution in [0.25, 0.3) is 10.8 Å². The van der Waals surface area contributed by atoms with Gasteiger partial charge in [0.2, 0.25) is 10.0 Å². The molecule has 0 radical (unpaired) electrons. The summed E-state index contributed by atoms with van der Waals surface area (Å²) in [6, 6.07) is 14.5. The van der Waals surface area contributed by atoms with Gasteiger partial charge in [0.15, 0.2) is 9.84 Å². The van der Waals surface area contributed by atoms with Crippen LogP contribution in [-0.2, 0) is 19.9 Å². The summed E-state index contributed by atoms with van der Waals surface area (Å²) < 4.78 is 52.7. The van der Waals surface area contributed by atoms with Gasteiger partial charge in [-0.2, -0.15) is 4.31 Å². The Bertz CT molecular complexity index is 1160. The van der Waals surface area contributed by atoms with Gasteiger partial charge < -0.3 is 5.73 Å². The van der Waals surface area contributed by atoms with Gasteiger partial charge in [-0.1, -0.05) is 30.3 Å². The fourth-order valence-electron chi connectivity index (χ4n) is 2.92. The Labute approximate surface area is 164 Å². The Balaban J connectivity index is 1.93. The van der Waals surface area contributed by atoms with Crippen LogP contribution in [0.5, 0.6) is 0 Å². The summed E-state index contributed by atoms with van der Waals surface area (Å²) >= 11 is 0. The number of fused-ring (bicyclic) bond motifs is 1. The molecule has 7 nitrogen and oxygen atoms in total. The van der Waals surface area contributed by atoms with E-state index in [9.17, 15) is 16.8 Å². The summed E-state index contributed by atoms with van der Waals surface area (Å²) in [5.74, 6) is -0.331. The highest BCUT2D eigenvalue weighted by Crippen LogP contribution is 2.25. The van der Waals surface area contributed by atoms with Crippen LogP contribution in [0, 0.1) is 0 Å². The zero-order chi connectivity index (χ0) is 20.2. The molecule has 1 aromatic heterocycles. The lowest BCUT2D eigenvalue weighted by molar-refractivity contribution is 0.435. The van der Waals surface area contributed by atoms with Crippen LogP contribution in [0.2, 0.25) is 0 Å². The van der Waals surface area contributed by atoms with Crippen LogP contribution in [0.1, 0.15) is 0 Å². The molecule has 1 heterocycles. The largest absolute Gasteiger partial charge is 0.329 e. The SMILES string of the molecule is NCCN(CCS(=O)(=O)c1ccccc1)S(=O)(=O)c1cccc2cnccc12. The van der Waals surface area contributed by atoms with Crippen LogP contribution in [0.4, 0.5) is 0 Å². The highest BCUT2D eigenvalue weighted by molar-refractivity contribution is 7.91. The highest BCUT2D eigenvalue weighted by Gasteiger charge is 2.27. The van der Waals surface area contributed by atoms with E-state index in [1.165, 1.54) is 24.4 Å². The predicted octanol–water partition coefficient (Wildman–Crippen LogP) is 1.66. The number of sulfonamides is 1. The van der Waals surface area contributed by atoms with E-state index < -0.39 is 19.9 Å². The predicted molar refractivity (Wildman–Crippen MR) is 108 cm³/mol. The van der Waals surface area contributed by atoms with Crippen molar-refractivity contribution in [3.63, 3.8) is 0 Å². The fourth-order valence-corrected chi connectivity index (χ4v) is 5.97. The zero-order valence-corrected chi connectivity index (χ0v) is 16.7. The second-order valence-electron chi connectivity index (χ2n) is 6.18. The molecule has 0 spiro atoms. The molecule has 0 unspecified atom stereocenters. The maximum absolute atomic E-state index is 13.2. The Morgan fingerprint density at radius 2 is 1.64 bits per heavy atom. The van der Waals surface area contributed by atoms with Crippen molar-refractivity contribution in [1.29, 1.82) is 0 Å². The first-order valence-corrected chi connectivity index (χ1v) is 11.8. The molecule has 148 valence electrons. The van der Waals surface area contributed by atoms with E-state index >= 15 is 0 Å². The molecule has 0 fully saturated rings. The van der Waals surface area contributed by atoms with E-state index in [1.807, 2.05) is 0 Å². The highest BCUT2D eigenvalue weighted by atomic mass is 32.2. The lowest BCUT2D eigenvalue weighted by Crippen LogP contribution is -2.38. The van der Waals surface area contributed by atoms with Crippen molar-refractivity contribution in [3.05, 3.63) is 67.0 Å². The molecule has 0 amide bonds. The minimum Gasteiger partial charge on any atom is -0.329 e. The Morgan fingerprint density at radius 1 is 0.893 bits per heavy atom. The molecular weight excluding hydrogens is 398 g/mol. The Morgan fingerprint density at radius 3 is 2.36 bits per heavy atom. The van der Waals surface area contributed by atoms with Gasteiger partial charge in [0.1, 0.15) is 0 Å². The van der Waals surface area contributed by atoms with E-state index in [-0.39, 0.29) is 35.2 Å². The van der Waals surface area contributed by atoms with Crippen molar-refractivity contribution in [3.8, 4) is 0 Å². The maximum Gasteiger partial charge on any atom is 0.243 e. The summed E-state index contributed by atoms with van der Waals surface area (Å²) in [7, 11) is -7.55. The summed E-state index contributed by atoms with van der Waals surface area (Å²) in [5.41, 5.74) is 5.60. The van der Waals surface area contributed by atoms with E-state index in [0.717, 1.165) is 4.31 Å². The summed E-state index contributed by atoms with van der Waals surface area (Å²) in [6.45, 7) is -0.0801. The van der Waals surface area contributed by atoms with Gasteiger partial charge in [0, 0.05) is 42.8 Å². The number of nitrogens with zero attached hydrogens (tertiary/aromatic N) is 2. The monoisotopic (exact) mass is 419 g/mol. The van der Waals surface area contributed by atoms with Crippen LogP contribution in [0.3, 0.4) is 0 Å². The fraction of sp³-hybridized carbons (Fsp3) is 0.211. The summed E-state index contributed by atoms with van der Waals surface area (Å²) in [4.78, 5) is 4.28. The number of benzene rings is 2. The number of pyridine rings is 1. The van der Waals surface area contributed by atoms with Gasteiger partial charge in [-0.05, 0) is 24.3 Å². The molecule has 0 bridgehead atoms. The third-order valence-corrected chi connectivity index (χ3v) is 8.02. The molecular formula is C19H21N3O4S2. The van der Waals surface area contributed by atoms with E-state index in [4.69, 9.17) is 5.73 Å². The number of sulfone groups is 1. The van der Waals surface area contributed by atoms with Gasteiger partial charge in [0.05, 0.1) is 15.5 Å². The van der Waals surface area contributed by atoms with E-state index in [0.29, 0.717) is 10.8 Å². The molecule has 2 N–H and O–H groups in total. The van der Waals surface area contributed by atoms with Gasteiger partial charge in [-0.3, -0.25) is 4.98 Å². The lowest BCUT2D eigenvalue weighted by Gasteiger charge is -2.22. The van der Waals surface area contributed by atoms with Gasteiger partial charge in [0.25, 0.3) is 0 Å². The number of hydrogen-bond donors (Lipinski definition) is 1. The number of aromatic nitrogens is 1. The molecule has 0 aliphatic heterocycles. The van der Waals surface area contributed by atoms with Crippen molar-refractivity contribution in [2.75, 3.05) is 25.4 Å². The normalized spacial score (nSPS) is 12.5. The van der Waals surface area contributed by atoms with Crippen molar-refractivity contribution in [1.82, 2.24) is 9.29 Å². The topological polar surface area (TPSA) is 110 Å². The van der Waals surface area contributed by atoms with Crippen molar-refractivity contribution >= 4 is 30.6 Å². The Hall–Kier alpha value is -2.33. The smallest absolute Gasteiger partial charge is 0.243 e. The molecule has 3 rings (SSSR count). The zero-order valence-electron chi connectivity index (χ0n) is 15.1. The molecule has 0 aliphatic carbocycles. The summed E-state index contributed by atoms with van der Waals surface area (Å²) in [6.07, 6.45) is 3.11. The minimum absolute atomic E-state index is 0.0219. The van der Waals surface area contributed by atoms with Crippen molar-refractivity contribution in [2.45, 2.75) is 9.79 Å². The first-order valence-electron chi connectivity index (χ1n) is 8.67. The van der Waals surface area contributed by atoms with Crippen molar-refractivity contribution in [2.24, 2.45) is 5.73 Å². The van der Waals surface area contributed by atoms with Gasteiger partial charge in [-0.15, -0.1) is 0 Å². The number of rotatable bonds is 8. The molecule has 2 aromatic carbocycles.